The Morgan fingerprint density at radius 2 is 1.55 bits per heavy atom. The Balaban J connectivity index is 1.62. The van der Waals surface area contributed by atoms with Crippen molar-refractivity contribution in [3.8, 4) is 11.1 Å². The molecule has 2 aliphatic heterocycles. The number of hydrogen-bond acceptors (Lipinski definition) is 5. The number of carbonyl (C=O) groups is 2. The van der Waals surface area contributed by atoms with E-state index in [1.807, 2.05) is 24.3 Å². The van der Waals surface area contributed by atoms with E-state index in [4.69, 9.17) is 14.7 Å². The van der Waals surface area contributed by atoms with E-state index in [9.17, 15) is 9.59 Å². The first-order chi connectivity index (χ1) is 19.9. The maximum absolute atomic E-state index is 13.7. The summed E-state index contributed by atoms with van der Waals surface area (Å²) in [6.07, 6.45) is 1.36. The van der Waals surface area contributed by atoms with Gasteiger partial charge in [-0.3, -0.25) is 19.6 Å². The fourth-order valence-corrected chi connectivity index (χ4v) is 6.75. The van der Waals surface area contributed by atoms with Crippen molar-refractivity contribution >= 4 is 49.7 Å². The van der Waals surface area contributed by atoms with Gasteiger partial charge < -0.3 is 14.7 Å². The van der Waals surface area contributed by atoms with Crippen molar-refractivity contribution < 1.29 is 14.3 Å². The molecule has 0 unspecified atom stereocenters. The largest absolute Gasteiger partial charge is 0.468 e. The minimum atomic E-state index is -1.04. The standard InChI is InChI=1S/C34H31BrN4O3/c1-33(2)15-21-10-19-11-22(17-6-8-18(35)9-7-17)24(36-19)14-27-34(3,4)16-25(39-27)28-29(32(41)42-5)31(40)23-12-20(38-30(23)28)13-26(33)37-21/h6-14,29,36,38H,15-16H2,1-5H3/t29-/m1/s1. The van der Waals surface area contributed by atoms with Crippen molar-refractivity contribution in [1.29, 1.82) is 0 Å². The Kier molecular flexibility index (Phi) is 5.90. The van der Waals surface area contributed by atoms with Gasteiger partial charge in [-0.05, 0) is 48.0 Å². The normalized spacial score (nSPS) is 18.3. The van der Waals surface area contributed by atoms with Crippen molar-refractivity contribution in [3.63, 3.8) is 0 Å². The SMILES string of the molecule is COC(=O)[C@H]1C(=O)c2cc3cc4nc(cc5cc(-c6ccc(Br)cc6)c(cc6nc(c1c2[nH]3)CC6(C)C)[nH]5)CC4(C)C. The maximum Gasteiger partial charge on any atom is 0.321 e. The number of rotatable bonds is 2. The first-order valence-corrected chi connectivity index (χ1v) is 14.9. The lowest BCUT2D eigenvalue weighted by atomic mass is 9.85. The fourth-order valence-electron chi connectivity index (χ4n) is 6.49. The van der Waals surface area contributed by atoms with Crippen LogP contribution in [0.2, 0.25) is 0 Å². The molecule has 1 aliphatic carbocycles. The molecule has 42 heavy (non-hydrogen) atoms. The number of nitrogens with one attached hydrogen (secondary N) is 2. The van der Waals surface area contributed by atoms with Crippen LogP contribution in [0.15, 0.2) is 59.1 Å². The Hall–Kier alpha value is -4.04. The van der Waals surface area contributed by atoms with Gasteiger partial charge in [0.25, 0.3) is 0 Å². The van der Waals surface area contributed by atoms with Crippen molar-refractivity contribution in [2.75, 3.05) is 7.11 Å². The van der Waals surface area contributed by atoms with E-state index in [1.165, 1.54) is 7.11 Å². The lowest BCUT2D eigenvalue weighted by molar-refractivity contribution is -0.141. The van der Waals surface area contributed by atoms with Crippen LogP contribution in [-0.2, 0) is 33.2 Å². The van der Waals surface area contributed by atoms with Crippen LogP contribution in [0.4, 0.5) is 0 Å². The predicted molar refractivity (Wildman–Crippen MR) is 167 cm³/mol. The minimum absolute atomic E-state index is 0.195. The molecule has 212 valence electrons. The molecule has 8 bridgehead atoms. The van der Waals surface area contributed by atoms with Crippen LogP contribution in [0.3, 0.4) is 0 Å². The van der Waals surface area contributed by atoms with Gasteiger partial charge in [0.1, 0.15) is 5.92 Å². The van der Waals surface area contributed by atoms with E-state index in [-0.39, 0.29) is 16.6 Å². The third-order valence-corrected chi connectivity index (χ3v) is 9.26. The third-order valence-electron chi connectivity index (χ3n) is 8.73. The van der Waals surface area contributed by atoms with Crippen molar-refractivity contribution in [2.24, 2.45) is 0 Å². The van der Waals surface area contributed by atoms with Gasteiger partial charge in [0.15, 0.2) is 5.78 Å². The molecule has 3 aromatic heterocycles. The molecular weight excluding hydrogens is 592 g/mol. The van der Waals surface area contributed by atoms with Crippen LogP contribution in [0.5, 0.6) is 0 Å². The molecule has 0 amide bonds. The molecule has 0 saturated heterocycles. The maximum atomic E-state index is 13.7. The highest BCUT2D eigenvalue weighted by Crippen LogP contribution is 2.42. The number of carbonyl (C=O) groups excluding carboxylic acids is 2. The highest BCUT2D eigenvalue weighted by atomic mass is 79.9. The second kappa shape index (κ2) is 9.23. The zero-order valence-electron chi connectivity index (χ0n) is 24.2. The van der Waals surface area contributed by atoms with Gasteiger partial charge in [-0.15, -0.1) is 0 Å². The molecule has 8 heteroatoms. The molecule has 7 nitrogen and oxygen atoms in total. The summed E-state index contributed by atoms with van der Waals surface area (Å²) < 4.78 is 6.13. The average Bonchev–Trinajstić information content (AvgIpc) is 3.70. The number of methoxy groups -OCH3 is 1. The van der Waals surface area contributed by atoms with Gasteiger partial charge >= 0.3 is 5.97 Å². The Morgan fingerprint density at radius 3 is 2.29 bits per heavy atom. The quantitative estimate of drug-likeness (QED) is 0.181. The second-order valence-corrected chi connectivity index (χ2v) is 13.7. The van der Waals surface area contributed by atoms with Crippen LogP contribution in [-0.4, -0.2) is 38.8 Å². The van der Waals surface area contributed by atoms with Crippen LogP contribution in [0, 0.1) is 0 Å². The van der Waals surface area contributed by atoms with Gasteiger partial charge in [0.2, 0.25) is 0 Å². The smallest absolute Gasteiger partial charge is 0.321 e. The van der Waals surface area contributed by atoms with Crippen LogP contribution in [0.1, 0.15) is 72.3 Å². The molecule has 1 aromatic carbocycles. The van der Waals surface area contributed by atoms with Crippen LogP contribution in [0.25, 0.3) is 33.2 Å². The number of ketones is 1. The van der Waals surface area contributed by atoms with Gasteiger partial charge in [-0.2, -0.15) is 0 Å². The van der Waals surface area contributed by atoms with Gasteiger partial charge in [0, 0.05) is 84.2 Å². The number of fused-ring (bicyclic) bond motifs is 8. The monoisotopic (exact) mass is 622 g/mol. The van der Waals surface area contributed by atoms with Crippen LogP contribution >= 0.6 is 15.9 Å². The molecule has 0 radical (unpaired) electrons. The zero-order chi connectivity index (χ0) is 29.6. The topological polar surface area (TPSA) is 101 Å². The summed E-state index contributed by atoms with van der Waals surface area (Å²) >= 11 is 3.55. The molecule has 4 aromatic rings. The lowest BCUT2D eigenvalue weighted by Gasteiger charge is -2.17. The minimum Gasteiger partial charge on any atom is -0.468 e. The van der Waals surface area contributed by atoms with E-state index in [1.54, 1.807) is 0 Å². The summed E-state index contributed by atoms with van der Waals surface area (Å²) in [6.45, 7) is 8.64. The number of ether oxygens (including phenoxy) is 1. The van der Waals surface area contributed by atoms with E-state index in [0.717, 1.165) is 61.3 Å². The van der Waals surface area contributed by atoms with E-state index in [0.29, 0.717) is 23.1 Å². The molecule has 0 spiro atoms. The van der Waals surface area contributed by atoms with Crippen molar-refractivity contribution in [3.05, 3.63) is 93.0 Å². The Labute approximate surface area is 251 Å². The summed E-state index contributed by atoms with van der Waals surface area (Å²) in [5, 5.41) is 0. The summed E-state index contributed by atoms with van der Waals surface area (Å²) in [4.78, 5) is 43.9. The number of benzene rings is 1. The molecule has 0 fully saturated rings. The molecule has 7 rings (SSSR count). The first-order valence-electron chi connectivity index (χ1n) is 14.1. The average molecular weight is 624 g/mol. The summed E-state index contributed by atoms with van der Waals surface area (Å²) in [5.41, 5.74) is 9.57. The zero-order valence-corrected chi connectivity index (χ0v) is 25.8. The molecule has 0 saturated carbocycles. The number of nitrogens with zero attached hydrogens (tertiary/aromatic N) is 2. The Bertz CT molecular complexity index is 1980. The first kappa shape index (κ1) is 26.8. The van der Waals surface area contributed by atoms with Gasteiger partial charge in [-0.25, -0.2) is 0 Å². The second-order valence-electron chi connectivity index (χ2n) is 12.8. The number of H-pyrrole nitrogens is 2. The molecular formula is C34H31BrN4O3. The Morgan fingerprint density at radius 1 is 0.881 bits per heavy atom. The molecule has 3 aliphatic rings. The number of halogens is 1. The van der Waals surface area contributed by atoms with E-state index < -0.39 is 11.9 Å². The van der Waals surface area contributed by atoms with Crippen molar-refractivity contribution in [1.82, 2.24) is 19.9 Å². The summed E-state index contributed by atoms with van der Waals surface area (Å²) in [5.74, 6) is -1.87. The number of Topliss-reactive ketones (excluding diaryl/α,β-unsaturated/α-hetero) is 1. The van der Waals surface area contributed by atoms with Crippen molar-refractivity contribution in [2.45, 2.75) is 57.3 Å². The van der Waals surface area contributed by atoms with Crippen LogP contribution < -0.4 is 0 Å². The molecule has 1 atom stereocenters. The number of aromatic amines is 2. The van der Waals surface area contributed by atoms with E-state index in [2.05, 4.69) is 83.9 Å². The number of hydrogen-bond donors (Lipinski definition) is 2. The third kappa shape index (κ3) is 4.23. The highest BCUT2D eigenvalue weighted by Gasteiger charge is 2.43. The summed E-state index contributed by atoms with van der Waals surface area (Å²) in [6, 6.07) is 18.5. The van der Waals surface area contributed by atoms with E-state index >= 15 is 0 Å². The van der Waals surface area contributed by atoms with Gasteiger partial charge in [-0.1, -0.05) is 55.8 Å². The molecule has 5 heterocycles. The van der Waals surface area contributed by atoms with Gasteiger partial charge in [0.05, 0.1) is 12.6 Å². The fraction of sp³-hybridized carbons (Fsp3) is 0.294. The predicted octanol–water partition coefficient (Wildman–Crippen LogP) is 7.24. The number of aromatic nitrogens is 4. The number of esters is 1. The highest BCUT2D eigenvalue weighted by molar-refractivity contribution is 9.10. The summed E-state index contributed by atoms with van der Waals surface area (Å²) in [7, 11) is 1.32. The molecule has 2 N–H and O–H groups in total. The lowest BCUT2D eigenvalue weighted by Crippen LogP contribution is -2.21.